The van der Waals surface area contributed by atoms with Crippen molar-refractivity contribution in [3.8, 4) is 0 Å². The van der Waals surface area contributed by atoms with Crippen LogP contribution in [0.15, 0.2) is 42.7 Å². The van der Waals surface area contributed by atoms with Crippen molar-refractivity contribution >= 4 is 16.9 Å². The first-order chi connectivity index (χ1) is 12.8. The maximum absolute atomic E-state index is 13.1. The van der Waals surface area contributed by atoms with Crippen molar-refractivity contribution in [2.75, 3.05) is 6.54 Å². The molecule has 1 aliphatic heterocycles. The Balaban J connectivity index is 1.39. The van der Waals surface area contributed by atoms with Crippen LogP contribution in [0.5, 0.6) is 0 Å². The average molecular weight is 349 g/mol. The maximum Gasteiger partial charge on any atom is 0.242 e. The Labute approximate surface area is 152 Å². The molecule has 2 aromatic heterocycles. The van der Waals surface area contributed by atoms with Crippen molar-refractivity contribution in [3.63, 3.8) is 0 Å². The molecule has 2 aliphatic rings. The zero-order valence-electron chi connectivity index (χ0n) is 14.8. The molecule has 1 atom stereocenters. The van der Waals surface area contributed by atoms with Crippen LogP contribution < -0.4 is 0 Å². The second kappa shape index (κ2) is 6.27. The number of carbonyl (C=O) groups excluding carboxylic acids is 1. The van der Waals surface area contributed by atoms with Crippen LogP contribution >= 0.6 is 0 Å². The quantitative estimate of drug-likeness (QED) is 0.712. The van der Waals surface area contributed by atoms with E-state index in [1.54, 1.807) is 6.20 Å². The number of rotatable bonds is 5. The lowest BCUT2D eigenvalue weighted by Gasteiger charge is -2.25. The fourth-order valence-electron chi connectivity index (χ4n) is 4.12. The normalized spacial score (nSPS) is 20.2. The lowest BCUT2D eigenvalue weighted by atomic mass is 10.2. The molecule has 0 N–H and O–H groups in total. The summed E-state index contributed by atoms with van der Waals surface area (Å²) in [7, 11) is 0. The zero-order chi connectivity index (χ0) is 17.5. The average Bonchev–Trinajstić information content (AvgIpc) is 3.06. The van der Waals surface area contributed by atoms with Crippen LogP contribution in [0.2, 0.25) is 0 Å². The van der Waals surface area contributed by atoms with Crippen LogP contribution in [0.1, 0.15) is 37.4 Å². The number of hydrogen-bond donors (Lipinski definition) is 0. The molecule has 1 saturated heterocycles. The van der Waals surface area contributed by atoms with Gasteiger partial charge in [-0.15, -0.1) is 0 Å². The summed E-state index contributed by atoms with van der Waals surface area (Å²) >= 11 is 0. The molecule has 0 spiro atoms. The summed E-state index contributed by atoms with van der Waals surface area (Å²) in [5.74, 6) is 1.81. The first kappa shape index (κ1) is 15.6. The minimum atomic E-state index is 0.199. The Morgan fingerprint density at radius 3 is 2.85 bits per heavy atom. The molecular weight excluding hydrogens is 326 g/mol. The molecule has 1 amide bonds. The Morgan fingerprint density at radius 1 is 1.15 bits per heavy atom. The van der Waals surface area contributed by atoms with Crippen LogP contribution in [0.25, 0.3) is 11.0 Å². The van der Waals surface area contributed by atoms with Crippen molar-refractivity contribution in [1.29, 1.82) is 0 Å². The van der Waals surface area contributed by atoms with Crippen molar-refractivity contribution in [2.45, 2.75) is 50.7 Å². The highest BCUT2D eigenvalue weighted by atomic mass is 16.2. The number of para-hydroxylation sites is 2. The van der Waals surface area contributed by atoms with Gasteiger partial charge in [-0.05, 0) is 43.9 Å². The molecule has 134 valence electrons. The molecule has 0 unspecified atom stereocenters. The number of likely N-dealkylation sites (tertiary alicyclic amines) is 1. The molecule has 0 bridgehead atoms. The monoisotopic (exact) mass is 349 g/mol. The number of aromatic nitrogens is 4. The van der Waals surface area contributed by atoms with E-state index in [4.69, 9.17) is 4.98 Å². The second-order valence-corrected chi connectivity index (χ2v) is 7.43. The molecule has 6 heteroatoms. The minimum absolute atomic E-state index is 0.199. The molecule has 5 rings (SSSR count). The third-order valence-corrected chi connectivity index (χ3v) is 5.57. The Bertz CT molecular complexity index is 925. The van der Waals surface area contributed by atoms with Gasteiger partial charge in [0.15, 0.2) is 0 Å². The number of hydrogen-bond acceptors (Lipinski definition) is 3. The van der Waals surface area contributed by atoms with Crippen LogP contribution in [0, 0.1) is 0 Å². The summed E-state index contributed by atoms with van der Waals surface area (Å²) in [4.78, 5) is 20.0. The van der Waals surface area contributed by atoms with E-state index >= 15 is 0 Å². The predicted molar refractivity (Wildman–Crippen MR) is 98.7 cm³/mol. The smallest absolute Gasteiger partial charge is 0.242 e. The van der Waals surface area contributed by atoms with E-state index in [1.165, 1.54) is 12.8 Å². The third kappa shape index (κ3) is 2.79. The Hall–Kier alpha value is -2.63. The summed E-state index contributed by atoms with van der Waals surface area (Å²) in [6, 6.07) is 10.3. The number of imidazole rings is 1. The van der Waals surface area contributed by atoms with Gasteiger partial charge in [-0.2, -0.15) is 5.10 Å². The van der Waals surface area contributed by atoms with Gasteiger partial charge in [-0.3, -0.25) is 9.48 Å². The molecule has 0 radical (unpaired) electrons. The van der Waals surface area contributed by atoms with E-state index in [-0.39, 0.29) is 11.9 Å². The van der Waals surface area contributed by atoms with E-state index in [1.807, 2.05) is 40.0 Å². The molecule has 1 aliphatic carbocycles. The first-order valence-electron chi connectivity index (χ1n) is 9.51. The number of benzene rings is 1. The molecule has 2 fully saturated rings. The molecule has 3 heterocycles. The summed E-state index contributed by atoms with van der Waals surface area (Å²) in [5, 5.41) is 4.30. The van der Waals surface area contributed by atoms with E-state index in [2.05, 4.69) is 15.7 Å². The summed E-state index contributed by atoms with van der Waals surface area (Å²) in [6.07, 6.45) is 8.24. The van der Waals surface area contributed by atoms with E-state index < -0.39 is 0 Å². The van der Waals surface area contributed by atoms with Crippen LogP contribution in [-0.4, -0.2) is 42.7 Å². The lowest BCUT2D eigenvalue weighted by Crippen LogP contribution is -2.40. The van der Waals surface area contributed by atoms with E-state index in [9.17, 15) is 4.79 Å². The van der Waals surface area contributed by atoms with Crippen molar-refractivity contribution in [3.05, 3.63) is 48.5 Å². The van der Waals surface area contributed by atoms with Gasteiger partial charge in [0.2, 0.25) is 5.91 Å². The number of nitrogens with zero attached hydrogens (tertiary/aromatic N) is 5. The number of carbonyl (C=O) groups is 1. The Morgan fingerprint density at radius 2 is 2.04 bits per heavy atom. The molecule has 26 heavy (non-hydrogen) atoms. The van der Waals surface area contributed by atoms with Gasteiger partial charge in [0.05, 0.1) is 23.6 Å². The van der Waals surface area contributed by atoms with Crippen molar-refractivity contribution in [1.82, 2.24) is 24.2 Å². The van der Waals surface area contributed by atoms with Crippen LogP contribution in [-0.2, 0) is 17.9 Å². The highest BCUT2D eigenvalue weighted by molar-refractivity contribution is 5.81. The van der Waals surface area contributed by atoms with Gasteiger partial charge < -0.3 is 9.47 Å². The van der Waals surface area contributed by atoms with Crippen LogP contribution in [0.3, 0.4) is 0 Å². The van der Waals surface area contributed by atoms with Gasteiger partial charge in [-0.1, -0.05) is 12.1 Å². The fourth-order valence-corrected chi connectivity index (χ4v) is 4.12. The Kier molecular flexibility index (Phi) is 3.76. The zero-order valence-corrected chi connectivity index (χ0v) is 14.8. The molecule has 1 saturated carbocycles. The fraction of sp³-hybridized carbons (Fsp3) is 0.450. The molecule has 1 aromatic carbocycles. The molecule has 6 nitrogen and oxygen atoms in total. The first-order valence-corrected chi connectivity index (χ1v) is 9.51. The van der Waals surface area contributed by atoms with Crippen LogP contribution in [0.4, 0.5) is 0 Å². The SMILES string of the molecule is O=C(Cn1c(C2CC2)nc2ccccc21)N1CCC[C@@H]1Cn1cccn1. The lowest BCUT2D eigenvalue weighted by molar-refractivity contribution is -0.132. The minimum Gasteiger partial charge on any atom is -0.336 e. The highest BCUT2D eigenvalue weighted by Gasteiger charge is 2.33. The van der Waals surface area contributed by atoms with Crippen molar-refractivity contribution in [2.24, 2.45) is 0 Å². The van der Waals surface area contributed by atoms with Gasteiger partial charge in [0.1, 0.15) is 12.4 Å². The number of amides is 1. The van der Waals surface area contributed by atoms with Crippen molar-refractivity contribution < 1.29 is 4.79 Å². The standard InChI is InChI=1S/C20H23N5O/c26-19(24-12-3-5-16(24)13-23-11-4-10-21-23)14-25-18-7-2-1-6-17(18)22-20(25)15-8-9-15/h1-2,4,6-7,10-11,15-16H,3,5,8-9,12-14H2/t16-/m1/s1. The topological polar surface area (TPSA) is 56.0 Å². The number of fused-ring (bicyclic) bond motifs is 1. The van der Waals surface area contributed by atoms with E-state index in [0.717, 1.165) is 42.8 Å². The summed E-state index contributed by atoms with van der Waals surface area (Å²) in [5.41, 5.74) is 2.07. The van der Waals surface area contributed by atoms with Gasteiger partial charge >= 0.3 is 0 Å². The highest BCUT2D eigenvalue weighted by Crippen LogP contribution is 2.40. The summed E-state index contributed by atoms with van der Waals surface area (Å²) in [6.45, 7) is 2.01. The molecular formula is C20H23N5O. The third-order valence-electron chi connectivity index (χ3n) is 5.57. The predicted octanol–water partition coefficient (Wildman–Crippen LogP) is 2.80. The second-order valence-electron chi connectivity index (χ2n) is 7.43. The van der Waals surface area contributed by atoms with Gasteiger partial charge in [0, 0.05) is 24.9 Å². The molecule has 3 aromatic rings. The van der Waals surface area contributed by atoms with E-state index in [0.29, 0.717) is 12.5 Å². The summed E-state index contributed by atoms with van der Waals surface area (Å²) < 4.78 is 4.08. The largest absolute Gasteiger partial charge is 0.336 e. The van der Waals surface area contributed by atoms with Gasteiger partial charge in [-0.25, -0.2) is 4.98 Å². The maximum atomic E-state index is 13.1. The van der Waals surface area contributed by atoms with Gasteiger partial charge in [0.25, 0.3) is 0 Å².